The first-order valence-electron chi connectivity index (χ1n) is 7.51. The maximum absolute atomic E-state index is 12.3. The second-order valence-corrected chi connectivity index (χ2v) is 7.98. The van der Waals surface area contributed by atoms with Crippen molar-refractivity contribution in [3.63, 3.8) is 0 Å². The second kappa shape index (κ2) is 9.51. The molecule has 0 rings (SSSR count). The van der Waals surface area contributed by atoms with Crippen molar-refractivity contribution < 1.29 is 23.3 Å². The maximum atomic E-state index is 12.3. The highest BCUT2D eigenvalue weighted by Crippen LogP contribution is 2.31. The molecule has 0 bridgehead atoms. The first-order valence-corrected chi connectivity index (χ1v) is 8.72. The van der Waals surface area contributed by atoms with Crippen LogP contribution in [0, 0.1) is 17.8 Å². The molecule has 0 N–H and O–H groups in total. The average Bonchev–Trinajstić information content (AvgIpc) is 2.45. The normalized spacial score (nSPS) is 13.4. The van der Waals surface area contributed by atoms with Crippen LogP contribution >= 0.6 is 0 Å². The van der Waals surface area contributed by atoms with E-state index in [1.165, 1.54) is 11.5 Å². The van der Waals surface area contributed by atoms with Gasteiger partial charge in [0.15, 0.2) is 5.41 Å². The third-order valence-electron chi connectivity index (χ3n) is 3.03. The van der Waals surface area contributed by atoms with Crippen LogP contribution in [-0.2, 0) is 29.9 Å². The number of terminal acetylenes is 1. The Balaban J connectivity index is 5.52. The van der Waals surface area contributed by atoms with Crippen LogP contribution in [0.15, 0.2) is 11.5 Å². The van der Waals surface area contributed by atoms with Crippen molar-refractivity contribution in [3.05, 3.63) is 11.5 Å². The molecule has 0 spiro atoms. The molecule has 0 saturated heterocycles. The lowest BCUT2D eigenvalue weighted by molar-refractivity contribution is -0.171. The Morgan fingerprint density at radius 3 is 1.96 bits per heavy atom. The van der Waals surface area contributed by atoms with E-state index in [9.17, 15) is 13.8 Å². The highest BCUT2D eigenvalue weighted by atomic mass is 32.2. The van der Waals surface area contributed by atoms with E-state index in [2.05, 4.69) is 5.92 Å². The zero-order chi connectivity index (χ0) is 18.1. The number of ether oxygens (including phenoxy) is 2. The third kappa shape index (κ3) is 6.19. The van der Waals surface area contributed by atoms with Crippen LogP contribution in [0.5, 0.6) is 0 Å². The fraction of sp³-hybridized carbons (Fsp3) is 0.647. The van der Waals surface area contributed by atoms with Crippen molar-refractivity contribution in [2.75, 3.05) is 13.2 Å². The van der Waals surface area contributed by atoms with Crippen molar-refractivity contribution in [2.24, 2.45) is 5.41 Å². The minimum atomic E-state index is -1.60. The summed E-state index contributed by atoms with van der Waals surface area (Å²) in [7, 11) is -1.25. The largest absolute Gasteiger partial charge is 0.465 e. The fourth-order valence-corrected chi connectivity index (χ4v) is 2.40. The molecule has 5 nitrogen and oxygen atoms in total. The highest BCUT2D eigenvalue weighted by molar-refractivity contribution is 7.89. The van der Waals surface area contributed by atoms with Crippen molar-refractivity contribution in [1.82, 2.24) is 0 Å². The summed E-state index contributed by atoms with van der Waals surface area (Å²) in [4.78, 5) is 24.6. The van der Waals surface area contributed by atoms with Gasteiger partial charge in [-0.15, -0.1) is 12.3 Å². The second-order valence-electron chi connectivity index (χ2n) is 5.89. The molecular weight excluding hydrogens is 316 g/mol. The van der Waals surface area contributed by atoms with E-state index in [1.54, 1.807) is 13.8 Å². The van der Waals surface area contributed by atoms with Crippen LogP contribution in [0.4, 0.5) is 0 Å². The van der Waals surface area contributed by atoms with Gasteiger partial charge in [-0.05, 0) is 46.4 Å². The van der Waals surface area contributed by atoms with Crippen LogP contribution in [0.2, 0.25) is 0 Å². The van der Waals surface area contributed by atoms with E-state index in [0.29, 0.717) is 0 Å². The summed E-state index contributed by atoms with van der Waals surface area (Å²) in [6.07, 6.45) is 6.71. The van der Waals surface area contributed by atoms with E-state index >= 15 is 0 Å². The average molecular weight is 342 g/mol. The van der Waals surface area contributed by atoms with Gasteiger partial charge in [0.25, 0.3) is 0 Å². The molecule has 0 radical (unpaired) electrons. The van der Waals surface area contributed by atoms with Crippen LogP contribution in [0.1, 0.15) is 47.5 Å². The van der Waals surface area contributed by atoms with E-state index in [4.69, 9.17) is 15.9 Å². The smallest absolute Gasteiger partial charge is 0.324 e. The van der Waals surface area contributed by atoms with Gasteiger partial charge in [0.2, 0.25) is 0 Å². The molecule has 0 aliphatic carbocycles. The summed E-state index contributed by atoms with van der Waals surface area (Å²) in [5.74, 6) is 0.905. The van der Waals surface area contributed by atoms with Crippen molar-refractivity contribution in [2.45, 2.75) is 52.2 Å². The summed E-state index contributed by atoms with van der Waals surface area (Å²) < 4.78 is 21.6. The number of allylic oxidation sites excluding steroid dienone is 1. The molecule has 0 aromatic rings. The first kappa shape index (κ1) is 21.4. The van der Waals surface area contributed by atoms with E-state index < -0.39 is 32.9 Å². The molecule has 0 amide bonds. The SMILES string of the molecule is C#CCC(C/C=C/[S@](=O)C(C)(C)C)(C(=O)OCC)C(=O)OCC. The Hall–Kier alpha value is -1.61. The molecule has 0 fully saturated rings. The number of rotatable bonds is 8. The van der Waals surface area contributed by atoms with Crippen molar-refractivity contribution in [1.29, 1.82) is 0 Å². The van der Waals surface area contributed by atoms with Crippen LogP contribution in [0.3, 0.4) is 0 Å². The molecule has 0 aliphatic heterocycles. The van der Waals surface area contributed by atoms with Gasteiger partial charge >= 0.3 is 11.9 Å². The Morgan fingerprint density at radius 2 is 1.61 bits per heavy atom. The quantitative estimate of drug-likeness (QED) is 0.385. The lowest BCUT2D eigenvalue weighted by Crippen LogP contribution is -2.41. The highest BCUT2D eigenvalue weighted by Gasteiger charge is 2.47. The van der Waals surface area contributed by atoms with Gasteiger partial charge in [0.05, 0.1) is 24.0 Å². The zero-order valence-corrected chi connectivity index (χ0v) is 15.3. The minimum Gasteiger partial charge on any atom is -0.465 e. The summed E-state index contributed by atoms with van der Waals surface area (Å²) in [6, 6.07) is 0. The van der Waals surface area contributed by atoms with Gasteiger partial charge < -0.3 is 9.47 Å². The van der Waals surface area contributed by atoms with Gasteiger partial charge in [-0.2, -0.15) is 0 Å². The predicted octanol–water partition coefficient (Wildman–Crippen LogP) is 2.57. The fourth-order valence-electron chi connectivity index (χ4n) is 1.72. The lowest BCUT2D eigenvalue weighted by Gasteiger charge is -2.26. The van der Waals surface area contributed by atoms with E-state index in [0.717, 1.165) is 0 Å². The molecule has 0 aromatic heterocycles. The Bertz CT molecular complexity index is 490. The molecule has 23 heavy (non-hydrogen) atoms. The number of hydrogen-bond acceptors (Lipinski definition) is 5. The van der Waals surface area contributed by atoms with E-state index in [-0.39, 0.29) is 26.1 Å². The van der Waals surface area contributed by atoms with Gasteiger partial charge in [-0.3, -0.25) is 13.8 Å². The first-order chi connectivity index (χ1) is 10.7. The molecular formula is C17H26O5S. The Kier molecular flexibility index (Phi) is 8.85. The molecule has 130 valence electrons. The number of carbonyl (C=O) groups excluding carboxylic acids is 2. The zero-order valence-electron chi connectivity index (χ0n) is 14.5. The standard InChI is InChI=1S/C17H26O5S/c1-7-11-17(14(18)21-8-2,15(19)22-9-3)12-10-13-23(20)16(4,5)6/h1,10,13H,8-9,11-12H2,2-6H3/b13-10+/t23-/m0/s1. The van der Waals surface area contributed by atoms with Crippen LogP contribution < -0.4 is 0 Å². The van der Waals surface area contributed by atoms with Crippen LogP contribution in [0.25, 0.3) is 0 Å². The van der Waals surface area contributed by atoms with Crippen molar-refractivity contribution in [3.8, 4) is 12.3 Å². The minimum absolute atomic E-state index is 0.0172. The maximum Gasteiger partial charge on any atom is 0.324 e. The van der Waals surface area contributed by atoms with Crippen LogP contribution in [-0.4, -0.2) is 34.1 Å². The van der Waals surface area contributed by atoms with Gasteiger partial charge in [0.1, 0.15) is 0 Å². The van der Waals surface area contributed by atoms with E-state index in [1.807, 2.05) is 20.8 Å². The topological polar surface area (TPSA) is 69.7 Å². The summed E-state index contributed by atoms with van der Waals surface area (Å²) in [5.41, 5.74) is -1.60. The Labute approximate surface area is 141 Å². The number of hydrogen-bond donors (Lipinski definition) is 0. The van der Waals surface area contributed by atoms with Gasteiger partial charge in [-0.25, -0.2) is 0 Å². The summed E-state index contributed by atoms with van der Waals surface area (Å²) in [5, 5.41) is 1.48. The number of carbonyl (C=O) groups is 2. The molecule has 1 atom stereocenters. The third-order valence-corrected chi connectivity index (χ3v) is 4.67. The van der Waals surface area contributed by atoms with Gasteiger partial charge in [-0.1, -0.05) is 6.08 Å². The van der Waals surface area contributed by atoms with Crippen molar-refractivity contribution >= 4 is 22.7 Å². The molecule has 0 heterocycles. The predicted molar refractivity (Wildman–Crippen MR) is 90.8 cm³/mol. The summed E-state index contributed by atoms with van der Waals surface area (Å²) in [6.45, 7) is 9.04. The molecule has 0 aliphatic rings. The van der Waals surface area contributed by atoms with Gasteiger partial charge in [0, 0.05) is 11.2 Å². The number of esters is 2. The monoisotopic (exact) mass is 342 g/mol. The molecule has 0 unspecified atom stereocenters. The molecule has 0 aromatic carbocycles. The lowest BCUT2D eigenvalue weighted by atomic mass is 9.81. The Morgan fingerprint density at radius 1 is 1.13 bits per heavy atom. The molecule has 6 heteroatoms. The molecule has 0 saturated carbocycles. The summed E-state index contributed by atoms with van der Waals surface area (Å²) >= 11 is 0.